The Labute approximate surface area is 119 Å². The summed E-state index contributed by atoms with van der Waals surface area (Å²) in [7, 11) is 2.09. The maximum atomic E-state index is 12.0. The number of nitrogens with two attached hydrogens (primary N) is 1. The van der Waals surface area contributed by atoms with Crippen molar-refractivity contribution in [3.63, 3.8) is 0 Å². The van der Waals surface area contributed by atoms with Gasteiger partial charge in [-0.25, -0.2) is 0 Å². The lowest BCUT2D eigenvalue weighted by Gasteiger charge is -2.15. The van der Waals surface area contributed by atoms with E-state index >= 15 is 0 Å². The number of nitrogens with one attached hydrogen (secondary N) is 1. The van der Waals surface area contributed by atoms with Crippen LogP contribution in [0.4, 0.5) is 0 Å². The molecule has 0 spiro atoms. The summed E-state index contributed by atoms with van der Waals surface area (Å²) >= 11 is 4.90. The van der Waals surface area contributed by atoms with E-state index in [0.717, 1.165) is 18.2 Å². The van der Waals surface area contributed by atoms with Gasteiger partial charge in [0.1, 0.15) is 4.99 Å². The van der Waals surface area contributed by atoms with E-state index in [1.807, 2.05) is 0 Å². The number of nitrogens with zero attached hydrogens (tertiary/aromatic N) is 1. The fourth-order valence-electron chi connectivity index (χ4n) is 1.96. The molecule has 0 heterocycles. The molecule has 1 aromatic carbocycles. The molecule has 3 N–H and O–H groups in total. The smallest absolute Gasteiger partial charge is 0.251 e. The van der Waals surface area contributed by atoms with Crippen LogP contribution in [0.3, 0.4) is 0 Å². The molecule has 0 radical (unpaired) electrons. The van der Waals surface area contributed by atoms with Crippen LogP contribution in [-0.4, -0.2) is 42.0 Å². The van der Waals surface area contributed by atoms with Crippen molar-refractivity contribution in [3.8, 4) is 0 Å². The molecule has 1 aliphatic carbocycles. The van der Waals surface area contributed by atoms with Crippen molar-refractivity contribution in [2.24, 2.45) is 5.73 Å². The van der Waals surface area contributed by atoms with Gasteiger partial charge in [0.25, 0.3) is 5.91 Å². The van der Waals surface area contributed by atoms with Crippen molar-refractivity contribution in [3.05, 3.63) is 35.4 Å². The van der Waals surface area contributed by atoms with Gasteiger partial charge in [0, 0.05) is 30.3 Å². The van der Waals surface area contributed by atoms with E-state index in [1.165, 1.54) is 12.8 Å². The molecule has 5 heteroatoms. The summed E-state index contributed by atoms with van der Waals surface area (Å²) in [4.78, 5) is 14.6. The number of hydrogen-bond donors (Lipinski definition) is 2. The molecule has 19 heavy (non-hydrogen) atoms. The van der Waals surface area contributed by atoms with Crippen LogP contribution in [0.5, 0.6) is 0 Å². The molecular formula is C14H19N3OS. The standard InChI is InChI=1S/C14H19N3OS/c1-17(12-5-6-12)8-7-16-14(18)11-4-2-3-10(9-11)13(15)19/h2-4,9,12H,5-8H2,1H3,(H2,15,19)(H,16,18). The van der Waals surface area contributed by atoms with E-state index in [1.54, 1.807) is 24.3 Å². The van der Waals surface area contributed by atoms with Crippen LogP contribution < -0.4 is 11.1 Å². The molecule has 1 saturated carbocycles. The Morgan fingerprint density at radius 3 is 2.79 bits per heavy atom. The van der Waals surface area contributed by atoms with Crippen LogP contribution in [0, 0.1) is 0 Å². The first-order chi connectivity index (χ1) is 9.08. The number of carbonyl (C=O) groups excluding carboxylic acids is 1. The molecule has 2 rings (SSSR count). The minimum Gasteiger partial charge on any atom is -0.389 e. The summed E-state index contributed by atoms with van der Waals surface area (Å²) in [6.45, 7) is 1.54. The molecule has 0 aromatic heterocycles. The highest BCUT2D eigenvalue weighted by atomic mass is 32.1. The predicted molar refractivity (Wildman–Crippen MR) is 80.3 cm³/mol. The number of rotatable bonds is 6. The van der Waals surface area contributed by atoms with Crippen molar-refractivity contribution in [1.29, 1.82) is 0 Å². The molecule has 1 aromatic rings. The van der Waals surface area contributed by atoms with Crippen molar-refractivity contribution in [1.82, 2.24) is 10.2 Å². The Balaban J connectivity index is 1.85. The lowest BCUT2D eigenvalue weighted by Crippen LogP contribution is -2.34. The van der Waals surface area contributed by atoms with Gasteiger partial charge >= 0.3 is 0 Å². The summed E-state index contributed by atoms with van der Waals surface area (Å²) in [5.41, 5.74) is 6.87. The number of thiocarbonyl (C=S) groups is 1. The molecule has 0 atom stereocenters. The fraction of sp³-hybridized carbons (Fsp3) is 0.429. The maximum Gasteiger partial charge on any atom is 0.251 e. The van der Waals surface area contributed by atoms with Gasteiger partial charge in [-0.15, -0.1) is 0 Å². The van der Waals surface area contributed by atoms with Crippen LogP contribution in [0.1, 0.15) is 28.8 Å². The number of benzene rings is 1. The highest BCUT2D eigenvalue weighted by molar-refractivity contribution is 7.80. The summed E-state index contributed by atoms with van der Waals surface area (Å²) in [5, 5.41) is 2.91. The second-order valence-electron chi connectivity index (χ2n) is 4.91. The molecule has 102 valence electrons. The zero-order valence-electron chi connectivity index (χ0n) is 11.1. The van der Waals surface area contributed by atoms with Crippen LogP contribution in [-0.2, 0) is 0 Å². The fourth-order valence-corrected chi connectivity index (χ4v) is 2.09. The topological polar surface area (TPSA) is 58.4 Å². The van der Waals surface area contributed by atoms with E-state index < -0.39 is 0 Å². The highest BCUT2D eigenvalue weighted by Crippen LogP contribution is 2.24. The van der Waals surface area contributed by atoms with E-state index in [4.69, 9.17) is 18.0 Å². The van der Waals surface area contributed by atoms with E-state index in [0.29, 0.717) is 17.1 Å². The summed E-state index contributed by atoms with van der Waals surface area (Å²) in [5.74, 6) is -0.0812. The molecule has 0 bridgehead atoms. The third-order valence-corrected chi connectivity index (χ3v) is 3.57. The first-order valence-corrected chi connectivity index (χ1v) is 6.87. The molecule has 0 unspecified atom stereocenters. The Morgan fingerprint density at radius 1 is 1.47 bits per heavy atom. The van der Waals surface area contributed by atoms with Gasteiger partial charge in [0.2, 0.25) is 0 Å². The summed E-state index contributed by atoms with van der Waals surface area (Å²) < 4.78 is 0. The quantitative estimate of drug-likeness (QED) is 0.766. The van der Waals surface area contributed by atoms with Gasteiger partial charge in [-0.2, -0.15) is 0 Å². The summed E-state index contributed by atoms with van der Waals surface area (Å²) in [6.07, 6.45) is 2.56. The summed E-state index contributed by atoms with van der Waals surface area (Å²) in [6, 6.07) is 7.80. The Morgan fingerprint density at radius 2 is 2.16 bits per heavy atom. The average molecular weight is 277 g/mol. The van der Waals surface area contributed by atoms with Crippen LogP contribution in [0.2, 0.25) is 0 Å². The van der Waals surface area contributed by atoms with Crippen molar-refractivity contribution >= 4 is 23.1 Å². The Kier molecular flexibility index (Phi) is 4.50. The monoisotopic (exact) mass is 277 g/mol. The molecular weight excluding hydrogens is 258 g/mol. The van der Waals surface area contributed by atoms with Gasteiger partial charge in [-0.1, -0.05) is 24.4 Å². The maximum absolute atomic E-state index is 12.0. The second kappa shape index (κ2) is 6.12. The Hall–Kier alpha value is -1.46. The number of likely N-dealkylation sites (N-methyl/N-ethyl adjacent to an activating group) is 1. The Bertz CT molecular complexity index is 485. The van der Waals surface area contributed by atoms with E-state index in [2.05, 4.69) is 17.3 Å². The van der Waals surface area contributed by atoms with E-state index in [9.17, 15) is 4.79 Å². The molecule has 0 saturated heterocycles. The zero-order valence-corrected chi connectivity index (χ0v) is 11.9. The lowest BCUT2D eigenvalue weighted by molar-refractivity contribution is 0.0949. The van der Waals surface area contributed by atoms with Gasteiger partial charge in [0.05, 0.1) is 0 Å². The van der Waals surface area contributed by atoms with Crippen molar-refractivity contribution in [2.75, 3.05) is 20.1 Å². The number of carbonyl (C=O) groups is 1. The normalized spacial score (nSPS) is 14.4. The van der Waals surface area contributed by atoms with Crippen molar-refractivity contribution < 1.29 is 4.79 Å². The molecule has 1 amide bonds. The molecule has 4 nitrogen and oxygen atoms in total. The molecule has 0 aliphatic heterocycles. The predicted octanol–water partition coefficient (Wildman–Crippen LogP) is 1.14. The first-order valence-electron chi connectivity index (χ1n) is 6.46. The zero-order chi connectivity index (χ0) is 13.8. The van der Waals surface area contributed by atoms with Gasteiger partial charge in [-0.05, 0) is 32.0 Å². The highest BCUT2D eigenvalue weighted by Gasteiger charge is 2.25. The van der Waals surface area contributed by atoms with Crippen LogP contribution in [0.25, 0.3) is 0 Å². The van der Waals surface area contributed by atoms with Crippen LogP contribution >= 0.6 is 12.2 Å². The van der Waals surface area contributed by atoms with Gasteiger partial charge in [-0.3, -0.25) is 4.79 Å². The average Bonchev–Trinajstić information content (AvgIpc) is 3.23. The second-order valence-corrected chi connectivity index (χ2v) is 5.35. The minimum absolute atomic E-state index is 0.0812. The minimum atomic E-state index is -0.0812. The van der Waals surface area contributed by atoms with Gasteiger partial charge < -0.3 is 16.0 Å². The third-order valence-electron chi connectivity index (χ3n) is 3.33. The molecule has 1 fully saturated rings. The van der Waals surface area contributed by atoms with E-state index in [-0.39, 0.29) is 5.91 Å². The SMILES string of the molecule is CN(CCNC(=O)c1cccc(C(N)=S)c1)C1CC1. The van der Waals surface area contributed by atoms with Crippen LogP contribution in [0.15, 0.2) is 24.3 Å². The van der Waals surface area contributed by atoms with Crippen molar-refractivity contribution in [2.45, 2.75) is 18.9 Å². The molecule has 1 aliphatic rings. The third kappa shape index (κ3) is 4.01. The lowest BCUT2D eigenvalue weighted by atomic mass is 10.1. The largest absolute Gasteiger partial charge is 0.389 e. The number of amides is 1. The first kappa shape index (κ1) is 14.0. The number of hydrogen-bond acceptors (Lipinski definition) is 3. The van der Waals surface area contributed by atoms with Gasteiger partial charge in [0.15, 0.2) is 0 Å².